The summed E-state index contributed by atoms with van der Waals surface area (Å²) < 4.78 is 5.68. The molecular formula is C16H12BrN7O5. The number of nitrogens with zero attached hydrogens (tertiary/aromatic N) is 7. The van der Waals surface area contributed by atoms with Crippen molar-refractivity contribution in [2.24, 2.45) is 0 Å². The molecule has 1 aliphatic rings. The molecule has 1 saturated heterocycles. The number of morpholine rings is 1. The molecule has 1 aliphatic heterocycles. The molecule has 0 bridgehead atoms. The largest absolute Gasteiger partial charge is 0.378 e. The molecule has 0 radical (unpaired) electrons. The van der Waals surface area contributed by atoms with Crippen LogP contribution in [0, 0.1) is 42.9 Å². The first-order chi connectivity index (χ1) is 13.9. The van der Waals surface area contributed by atoms with Gasteiger partial charge in [-0.15, -0.1) is 0 Å². The van der Waals surface area contributed by atoms with Crippen molar-refractivity contribution in [2.45, 2.75) is 0 Å². The number of pyridine rings is 2. The van der Waals surface area contributed by atoms with E-state index in [0.717, 1.165) is 0 Å². The lowest BCUT2D eigenvalue weighted by atomic mass is 10.2. The van der Waals surface area contributed by atoms with Crippen LogP contribution in [0.5, 0.6) is 0 Å². The van der Waals surface area contributed by atoms with E-state index in [9.17, 15) is 20.2 Å². The van der Waals surface area contributed by atoms with Gasteiger partial charge in [-0.1, -0.05) is 0 Å². The third-order valence-electron chi connectivity index (χ3n) is 3.67. The van der Waals surface area contributed by atoms with Crippen molar-refractivity contribution in [1.29, 1.82) is 10.5 Å². The van der Waals surface area contributed by atoms with E-state index in [-0.39, 0.29) is 22.8 Å². The maximum absolute atomic E-state index is 10.8. The summed E-state index contributed by atoms with van der Waals surface area (Å²) in [6, 6.07) is 5.97. The number of hydrogen-bond donors (Lipinski definition) is 0. The van der Waals surface area contributed by atoms with Gasteiger partial charge in [-0.05, 0) is 15.9 Å². The molecule has 3 rings (SSSR count). The fourth-order valence-electron chi connectivity index (χ4n) is 2.32. The second kappa shape index (κ2) is 10.0. The summed E-state index contributed by atoms with van der Waals surface area (Å²) in [5.41, 5.74) is -0.224. The lowest BCUT2D eigenvalue weighted by Crippen LogP contribution is -2.36. The van der Waals surface area contributed by atoms with Crippen LogP contribution >= 0.6 is 15.9 Å². The van der Waals surface area contributed by atoms with Gasteiger partial charge in [-0.2, -0.15) is 10.5 Å². The van der Waals surface area contributed by atoms with Crippen molar-refractivity contribution in [3.05, 3.63) is 60.6 Å². The SMILES string of the molecule is N#Cc1ncc(Br)cc1[N+](=O)[O-].N#Cc1ncc(N2CCOCC2)cc1[N+](=O)[O-]. The van der Waals surface area contributed by atoms with Crippen molar-refractivity contribution < 1.29 is 14.6 Å². The zero-order valence-electron chi connectivity index (χ0n) is 14.7. The number of nitro groups is 2. The van der Waals surface area contributed by atoms with Gasteiger partial charge in [0.25, 0.3) is 0 Å². The van der Waals surface area contributed by atoms with Crippen molar-refractivity contribution in [3.8, 4) is 12.1 Å². The standard InChI is InChI=1S/C10H10N4O3.C6H2BrN3O2/c11-6-9-10(14(15)16)5-8(7-12-9)13-1-3-17-4-2-13;7-4-1-6(10(11)12)5(2-8)9-3-4/h5,7H,1-4H2;1,3H. The van der Waals surface area contributed by atoms with E-state index in [0.29, 0.717) is 36.5 Å². The number of nitriles is 2. The Balaban J connectivity index is 0.000000221. The van der Waals surface area contributed by atoms with Gasteiger partial charge in [0.15, 0.2) is 0 Å². The molecule has 0 aliphatic carbocycles. The van der Waals surface area contributed by atoms with E-state index in [2.05, 4.69) is 25.9 Å². The van der Waals surface area contributed by atoms with Crippen LogP contribution < -0.4 is 4.90 Å². The van der Waals surface area contributed by atoms with Gasteiger partial charge in [0.1, 0.15) is 12.1 Å². The zero-order valence-corrected chi connectivity index (χ0v) is 16.3. The van der Waals surface area contributed by atoms with Gasteiger partial charge in [-0.3, -0.25) is 20.2 Å². The van der Waals surface area contributed by atoms with Gasteiger partial charge >= 0.3 is 11.4 Å². The number of ether oxygens (including phenoxy) is 1. The van der Waals surface area contributed by atoms with Crippen molar-refractivity contribution in [3.63, 3.8) is 0 Å². The second-order valence-corrected chi connectivity index (χ2v) is 6.34. The second-order valence-electron chi connectivity index (χ2n) is 5.42. The highest BCUT2D eigenvalue weighted by atomic mass is 79.9. The van der Waals surface area contributed by atoms with Crippen molar-refractivity contribution in [1.82, 2.24) is 9.97 Å². The molecule has 0 unspecified atom stereocenters. The third-order valence-corrected chi connectivity index (χ3v) is 4.10. The van der Waals surface area contributed by atoms with Crippen LogP contribution in [0.15, 0.2) is 29.0 Å². The minimum atomic E-state index is -0.643. The zero-order chi connectivity index (χ0) is 21.4. The number of aromatic nitrogens is 2. The quantitative estimate of drug-likeness (QED) is 0.487. The van der Waals surface area contributed by atoms with E-state index < -0.39 is 9.85 Å². The summed E-state index contributed by atoms with van der Waals surface area (Å²) in [6.45, 7) is 2.52. The average Bonchev–Trinajstić information content (AvgIpc) is 2.74. The third kappa shape index (κ3) is 5.65. The average molecular weight is 462 g/mol. The number of anilines is 1. The molecule has 12 nitrogen and oxygen atoms in total. The lowest BCUT2D eigenvalue weighted by molar-refractivity contribution is -0.385. The Morgan fingerprint density at radius 3 is 2.03 bits per heavy atom. The van der Waals surface area contributed by atoms with Gasteiger partial charge < -0.3 is 9.64 Å². The van der Waals surface area contributed by atoms with Crippen LogP contribution in [0.3, 0.4) is 0 Å². The Labute approximate surface area is 172 Å². The van der Waals surface area contributed by atoms with E-state index >= 15 is 0 Å². The highest BCUT2D eigenvalue weighted by molar-refractivity contribution is 9.10. The monoisotopic (exact) mass is 461 g/mol. The molecule has 3 heterocycles. The maximum atomic E-state index is 10.8. The summed E-state index contributed by atoms with van der Waals surface area (Å²) in [7, 11) is 0. The van der Waals surface area contributed by atoms with Crippen LogP contribution in [0.25, 0.3) is 0 Å². The highest BCUT2D eigenvalue weighted by Gasteiger charge is 2.19. The van der Waals surface area contributed by atoms with Crippen LogP contribution in [0.2, 0.25) is 0 Å². The maximum Gasteiger partial charge on any atom is 0.307 e. The highest BCUT2D eigenvalue weighted by Crippen LogP contribution is 2.23. The fourth-order valence-corrected chi connectivity index (χ4v) is 2.64. The Morgan fingerprint density at radius 2 is 1.52 bits per heavy atom. The predicted molar refractivity (Wildman–Crippen MR) is 102 cm³/mol. The minimum absolute atomic E-state index is 0.160. The van der Waals surface area contributed by atoms with Crippen LogP contribution in [-0.2, 0) is 4.74 Å². The number of rotatable bonds is 3. The molecule has 0 amide bonds. The summed E-state index contributed by atoms with van der Waals surface area (Å²) in [4.78, 5) is 29.2. The number of halogens is 1. The van der Waals surface area contributed by atoms with E-state index in [1.54, 1.807) is 12.1 Å². The molecular weight excluding hydrogens is 450 g/mol. The Hall–Kier alpha value is -3.68. The van der Waals surface area contributed by atoms with Crippen LogP contribution in [-0.4, -0.2) is 46.1 Å². The molecule has 1 fully saturated rings. The predicted octanol–water partition coefficient (Wildman–Crippen LogP) is 2.32. The molecule has 0 aromatic carbocycles. The normalized spacial score (nSPS) is 12.7. The van der Waals surface area contributed by atoms with E-state index in [1.807, 2.05) is 4.90 Å². The first kappa shape index (κ1) is 21.6. The van der Waals surface area contributed by atoms with Gasteiger partial charge in [0.2, 0.25) is 11.4 Å². The van der Waals surface area contributed by atoms with Crippen molar-refractivity contribution in [2.75, 3.05) is 31.2 Å². The van der Waals surface area contributed by atoms with E-state index in [1.165, 1.54) is 24.5 Å². The lowest BCUT2D eigenvalue weighted by Gasteiger charge is -2.28. The molecule has 2 aromatic heterocycles. The number of hydrogen-bond acceptors (Lipinski definition) is 10. The van der Waals surface area contributed by atoms with E-state index in [4.69, 9.17) is 15.3 Å². The Bertz CT molecular complexity index is 1010. The minimum Gasteiger partial charge on any atom is -0.378 e. The van der Waals surface area contributed by atoms with Gasteiger partial charge in [0, 0.05) is 35.9 Å². The summed E-state index contributed by atoms with van der Waals surface area (Å²) >= 11 is 3.02. The molecule has 0 N–H and O–H groups in total. The first-order valence-electron chi connectivity index (χ1n) is 7.94. The molecule has 29 heavy (non-hydrogen) atoms. The molecule has 0 saturated carbocycles. The summed E-state index contributed by atoms with van der Waals surface area (Å²) in [5.74, 6) is 0. The summed E-state index contributed by atoms with van der Waals surface area (Å²) in [5, 5.41) is 38.3. The van der Waals surface area contributed by atoms with Crippen molar-refractivity contribution >= 4 is 33.0 Å². The summed E-state index contributed by atoms with van der Waals surface area (Å²) in [6.07, 6.45) is 2.82. The van der Waals surface area contributed by atoms with Gasteiger partial charge in [0.05, 0.1) is 34.9 Å². The first-order valence-corrected chi connectivity index (χ1v) is 8.74. The molecule has 13 heteroatoms. The topological polar surface area (TPSA) is 172 Å². The van der Waals surface area contributed by atoms with Crippen LogP contribution in [0.1, 0.15) is 11.4 Å². The smallest absolute Gasteiger partial charge is 0.307 e. The fraction of sp³-hybridized carbons (Fsp3) is 0.250. The Kier molecular flexibility index (Phi) is 7.47. The molecule has 0 spiro atoms. The molecule has 2 aromatic rings. The molecule has 148 valence electrons. The Morgan fingerprint density at radius 1 is 1.00 bits per heavy atom. The molecule has 0 atom stereocenters. The van der Waals surface area contributed by atoms with Crippen LogP contribution in [0.4, 0.5) is 17.1 Å². The van der Waals surface area contributed by atoms with Gasteiger partial charge in [-0.25, -0.2) is 9.97 Å².